The summed E-state index contributed by atoms with van der Waals surface area (Å²) in [6.45, 7) is 7.96. The maximum atomic E-state index is 12.5. The smallest absolute Gasteiger partial charge is 0.418 e. The summed E-state index contributed by atoms with van der Waals surface area (Å²) in [5.74, 6) is 2.19. The van der Waals surface area contributed by atoms with E-state index in [4.69, 9.17) is 23.9 Å². The first kappa shape index (κ1) is 26.2. The molecule has 2 aromatic heterocycles. The van der Waals surface area contributed by atoms with Crippen LogP contribution < -0.4 is 19.5 Å². The molecule has 37 heavy (non-hydrogen) atoms. The molecule has 0 aliphatic rings. The van der Waals surface area contributed by atoms with E-state index in [-0.39, 0.29) is 0 Å². The molecule has 2 aromatic carbocycles. The molecule has 1 amide bonds. The van der Waals surface area contributed by atoms with E-state index >= 15 is 0 Å². The summed E-state index contributed by atoms with van der Waals surface area (Å²) in [6, 6.07) is 19.3. The summed E-state index contributed by atoms with van der Waals surface area (Å²) in [6.07, 6.45) is 1.37. The number of methoxy groups -OCH3 is 2. The van der Waals surface area contributed by atoms with Gasteiger partial charge in [-0.05, 0) is 42.4 Å². The molecule has 0 saturated carbocycles. The predicted octanol–water partition coefficient (Wildman–Crippen LogP) is 6.64. The van der Waals surface area contributed by atoms with Gasteiger partial charge in [-0.15, -0.1) is 0 Å². The minimum Gasteiger partial charge on any atom is -0.496 e. The Labute approximate surface area is 218 Å². The van der Waals surface area contributed by atoms with E-state index in [1.54, 1.807) is 44.6 Å². The second-order valence-electron chi connectivity index (χ2n) is 9.79. The van der Waals surface area contributed by atoms with Crippen LogP contribution in [0.15, 0.2) is 66.9 Å². The standard InChI is InChI=1S/C28H33N3O5Si/c1-33-23-12-9-13-24(34-2)26(23)22-18-31(19-35-16-17-37(3,4)5)27-21(22)14-15-25(29-27)30-28(32)36-20-10-7-6-8-11-20/h6-15,18H,16-17,19H2,1-5H3,(H,29,30,32). The number of amides is 1. The van der Waals surface area contributed by atoms with Crippen LogP contribution in [0.25, 0.3) is 22.2 Å². The fourth-order valence-corrected chi connectivity index (χ4v) is 4.67. The molecular formula is C28H33N3O5Si. The molecule has 2 heterocycles. The zero-order valence-electron chi connectivity index (χ0n) is 21.9. The number of benzene rings is 2. The van der Waals surface area contributed by atoms with Gasteiger partial charge in [-0.2, -0.15) is 0 Å². The summed E-state index contributed by atoms with van der Waals surface area (Å²) >= 11 is 0. The number of nitrogens with zero attached hydrogens (tertiary/aromatic N) is 2. The van der Waals surface area contributed by atoms with Crippen LogP contribution in [0.2, 0.25) is 25.7 Å². The lowest BCUT2D eigenvalue weighted by molar-refractivity contribution is 0.0899. The van der Waals surface area contributed by atoms with Crippen molar-refractivity contribution >= 4 is 31.0 Å². The van der Waals surface area contributed by atoms with Gasteiger partial charge < -0.3 is 23.5 Å². The molecule has 0 spiro atoms. The third kappa shape index (κ3) is 6.49. The largest absolute Gasteiger partial charge is 0.496 e. The van der Waals surface area contributed by atoms with Crippen LogP contribution in [0, 0.1) is 0 Å². The van der Waals surface area contributed by atoms with Crippen LogP contribution in [-0.4, -0.2) is 44.5 Å². The lowest BCUT2D eigenvalue weighted by Crippen LogP contribution is -2.22. The number of ether oxygens (including phenoxy) is 4. The second kappa shape index (κ2) is 11.5. The molecule has 0 radical (unpaired) electrons. The van der Waals surface area contributed by atoms with Gasteiger partial charge in [0.05, 0.1) is 19.8 Å². The van der Waals surface area contributed by atoms with E-state index in [2.05, 4.69) is 25.0 Å². The van der Waals surface area contributed by atoms with Crippen molar-refractivity contribution in [2.24, 2.45) is 0 Å². The van der Waals surface area contributed by atoms with E-state index in [0.717, 1.165) is 22.6 Å². The number of hydrogen-bond acceptors (Lipinski definition) is 6. The van der Waals surface area contributed by atoms with Gasteiger partial charge >= 0.3 is 6.09 Å². The fourth-order valence-electron chi connectivity index (χ4n) is 3.91. The van der Waals surface area contributed by atoms with Crippen molar-refractivity contribution in [1.82, 2.24) is 9.55 Å². The molecular weight excluding hydrogens is 486 g/mol. The molecule has 1 N–H and O–H groups in total. The molecule has 0 unspecified atom stereocenters. The summed E-state index contributed by atoms with van der Waals surface area (Å²) in [5.41, 5.74) is 2.38. The third-order valence-corrected chi connectivity index (χ3v) is 7.53. The molecule has 0 atom stereocenters. The maximum absolute atomic E-state index is 12.5. The summed E-state index contributed by atoms with van der Waals surface area (Å²) in [5, 5.41) is 3.59. The number of nitrogens with one attached hydrogen (secondary N) is 1. The average Bonchev–Trinajstić information content (AvgIpc) is 3.23. The number of rotatable bonds is 10. The van der Waals surface area contributed by atoms with E-state index in [0.29, 0.717) is 42.1 Å². The lowest BCUT2D eigenvalue weighted by Gasteiger charge is -2.15. The van der Waals surface area contributed by atoms with Crippen molar-refractivity contribution in [2.45, 2.75) is 32.4 Å². The van der Waals surface area contributed by atoms with Gasteiger partial charge in [0.25, 0.3) is 0 Å². The first-order valence-corrected chi connectivity index (χ1v) is 15.8. The highest BCUT2D eigenvalue weighted by atomic mass is 28.3. The first-order chi connectivity index (χ1) is 17.8. The van der Waals surface area contributed by atoms with Crippen LogP contribution in [0.4, 0.5) is 10.6 Å². The maximum Gasteiger partial charge on any atom is 0.418 e. The minimum absolute atomic E-state index is 0.323. The molecule has 194 valence electrons. The molecule has 0 saturated heterocycles. The van der Waals surface area contributed by atoms with Gasteiger partial charge in [-0.3, -0.25) is 5.32 Å². The van der Waals surface area contributed by atoms with Gasteiger partial charge in [0.1, 0.15) is 35.4 Å². The second-order valence-corrected chi connectivity index (χ2v) is 15.4. The van der Waals surface area contributed by atoms with Crippen LogP contribution in [-0.2, 0) is 11.5 Å². The SMILES string of the molecule is COc1cccc(OC)c1-c1cn(COCC[Si](C)(C)C)c2nc(NC(=O)Oc3ccccc3)ccc12. The molecule has 0 fully saturated rings. The number of fused-ring (bicyclic) bond motifs is 1. The zero-order valence-corrected chi connectivity index (χ0v) is 22.9. The molecule has 4 aromatic rings. The quantitative estimate of drug-likeness (QED) is 0.187. The fraction of sp³-hybridized carbons (Fsp3) is 0.286. The van der Waals surface area contributed by atoms with Crippen molar-refractivity contribution < 1.29 is 23.7 Å². The Kier molecular flexibility index (Phi) is 8.15. The molecule has 4 rings (SSSR count). The number of carbonyl (C=O) groups is 1. The van der Waals surface area contributed by atoms with Crippen LogP contribution >= 0.6 is 0 Å². The van der Waals surface area contributed by atoms with Gasteiger partial charge in [-0.1, -0.05) is 43.9 Å². The van der Waals surface area contributed by atoms with Crippen molar-refractivity contribution in [1.29, 1.82) is 0 Å². The monoisotopic (exact) mass is 519 g/mol. The normalized spacial score (nSPS) is 11.4. The Morgan fingerprint density at radius 2 is 1.65 bits per heavy atom. The number of carbonyl (C=O) groups excluding carboxylic acids is 1. The van der Waals surface area contributed by atoms with Crippen LogP contribution in [0.3, 0.4) is 0 Å². The van der Waals surface area contributed by atoms with E-state index in [1.165, 1.54) is 0 Å². The Balaban J connectivity index is 1.69. The third-order valence-electron chi connectivity index (χ3n) is 5.83. The number of hydrogen-bond donors (Lipinski definition) is 1. The predicted molar refractivity (Wildman–Crippen MR) is 148 cm³/mol. The zero-order chi connectivity index (χ0) is 26.4. The van der Waals surface area contributed by atoms with Crippen molar-refractivity contribution in [2.75, 3.05) is 26.1 Å². The van der Waals surface area contributed by atoms with Gasteiger partial charge in [0, 0.05) is 31.8 Å². The Morgan fingerprint density at radius 3 is 2.30 bits per heavy atom. The lowest BCUT2D eigenvalue weighted by atomic mass is 10.0. The van der Waals surface area contributed by atoms with Crippen molar-refractivity contribution in [3.63, 3.8) is 0 Å². The molecule has 8 nitrogen and oxygen atoms in total. The molecule has 0 aliphatic heterocycles. The number of anilines is 1. The average molecular weight is 520 g/mol. The van der Waals surface area contributed by atoms with Gasteiger partial charge in [-0.25, -0.2) is 9.78 Å². The summed E-state index contributed by atoms with van der Waals surface area (Å²) in [4.78, 5) is 17.2. The van der Waals surface area contributed by atoms with Gasteiger partial charge in [0.15, 0.2) is 0 Å². The van der Waals surface area contributed by atoms with Crippen LogP contribution in [0.5, 0.6) is 17.2 Å². The van der Waals surface area contributed by atoms with E-state index in [9.17, 15) is 4.79 Å². The molecule has 9 heteroatoms. The van der Waals surface area contributed by atoms with E-state index in [1.807, 2.05) is 41.1 Å². The highest BCUT2D eigenvalue weighted by Crippen LogP contribution is 2.42. The van der Waals surface area contributed by atoms with Crippen LogP contribution in [0.1, 0.15) is 0 Å². The number of pyridine rings is 1. The summed E-state index contributed by atoms with van der Waals surface area (Å²) < 4.78 is 24.7. The number of para-hydroxylation sites is 1. The van der Waals surface area contributed by atoms with Crippen molar-refractivity contribution in [3.8, 4) is 28.4 Å². The van der Waals surface area contributed by atoms with E-state index < -0.39 is 14.2 Å². The highest BCUT2D eigenvalue weighted by Gasteiger charge is 2.20. The first-order valence-electron chi connectivity index (χ1n) is 12.1. The molecule has 0 aliphatic carbocycles. The van der Waals surface area contributed by atoms with Crippen molar-refractivity contribution in [3.05, 3.63) is 66.9 Å². The minimum atomic E-state index is -1.23. The topological polar surface area (TPSA) is 83.8 Å². The number of aromatic nitrogens is 2. The van der Waals surface area contributed by atoms with Gasteiger partial charge in [0.2, 0.25) is 0 Å². The summed E-state index contributed by atoms with van der Waals surface area (Å²) in [7, 11) is 2.04. The molecule has 0 bridgehead atoms. The Morgan fingerprint density at radius 1 is 0.946 bits per heavy atom. The Hall–Kier alpha value is -3.82. The Bertz CT molecular complexity index is 1340. The highest BCUT2D eigenvalue weighted by molar-refractivity contribution is 6.76.